The second kappa shape index (κ2) is 13.5. The molecule has 0 fully saturated rings. The van der Waals surface area contributed by atoms with E-state index in [1.807, 2.05) is 41.3 Å². The molecule has 7 rings (SSSR count). The summed E-state index contributed by atoms with van der Waals surface area (Å²) in [6.45, 7) is 8.81. The molecule has 0 bridgehead atoms. The van der Waals surface area contributed by atoms with Crippen molar-refractivity contribution in [3.05, 3.63) is 132 Å². The standard InChI is InChI=1S/C40H36N4O.Pt/c1-5-6-12-29-13-9-11-28(4)40(29)31-25-42-43(26-31)32-14-10-15-33(23-32)45-34-18-19-36-35-16-7-8-17-37(35)44(38(36)24-34)39-22-30(27(2)3)20-21-41-39;/h7-11,13-22,25-27H,5-6,12H2,1-4H3;/q-2;+2. The van der Waals surface area contributed by atoms with Gasteiger partial charge in [-0.05, 0) is 77.2 Å². The van der Waals surface area contributed by atoms with Crippen LogP contribution < -0.4 is 4.74 Å². The number of hydrogen-bond acceptors (Lipinski definition) is 3. The first kappa shape index (κ1) is 31.5. The first-order valence-electron chi connectivity index (χ1n) is 15.8. The van der Waals surface area contributed by atoms with Crippen molar-refractivity contribution in [2.45, 2.75) is 52.9 Å². The van der Waals surface area contributed by atoms with Crippen molar-refractivity contribution in [1.29, 1.82) is 0 Å². The number of para-hydroxylation sites is 1. The zero-order chi connectivity index (χ0) is 30.9. The van der Waals surface area contributed by atoms with Gasteiger partial charge < -0.3 is 9.30 Å². The number of aryl methyl sites for hydroxylation is 2. The third-order valence-corrected chi connectivity index (χ3v) is 8.47. The van der Waals surface area contributed by atoms with Crippen molar-refractivity contribution in [1.82, 2.24) is 19.3 Å². The molecule has 3 heterocycles. The van der Waals surface area contributed by atoms with Crippen molar-refractivity contribution in [3.63, 3.8) is 0 Å². The predicted molar refractivity (Wildman–Crippen MR) is 183 cm³/mol. The number of hydrogen-bond donors (Lipinski definition) is 0. The topological polar surface area (TPSA) is 44.9 Å². The zero-order valence-electron chi connectivity index (χ0n) is 26.5. The Labute approximate surface area is 285 Å². The van der Waals surface area contributed by atoms with E-state index in [1.54, 1.807) is 0 Å². The zero-order valence-corrected chi connectivity index (χ0v) is 28.8. The second-order valence-electron chi connectivity index (χ2n) is 11.9. The van der Waals surface area contributed by atoms with Gasteiger partial charge in [-0.3, -0.25) is 4.68 Å². The van der Waals surface area contributed by atoms with Crippen LogP contribution in [0.2, 0.25) is 0 Å². The van der Waals surface area contributed by atoms with Gasteiger partial charge in [0.15, 0.2) is 0 Å². The van der Waals surface area contributed by atoms with E-state index in [9.17, 15) is 0 Å². The molecule has 0 unspecified atom stereocenters. The summed E-state index contributed by atoms with van der Waals surface area (Å²) in [6.07, 6.45) is 9.32. The van der Waals surface area contributed by atoms with E-state index in [-0.39, 0.29) is 21.1 Å². The fourth-order valence-electron chi connectivity index (χ4n) is 6.14. The summed E-state index contributed by atoms with van der Waals surface area (Å²) in [5, 5.41) is 6.97. The average molecular weight is 784 g/mol. The maximum Gasteiger partial charge on any atom is 2.00 e. The molecule has 0 saturated carbocycles. The number of nitrogens with zero attached hydrogens (tertiary/aromatic N) is 4. The monoisotopic (exact) mass is 783 g/mol. The fraction of sp³-hybridized carbons (Fsp3) is 0.200. The Morgan fingerprint density at radius 3 is 2.54 bits per heavy atom. The third kappa shape index (κ3) is 6.04. The molecule has 0 aliphatic heterocycles. The molecule has 0 aliphatic rings. The number of aromatic nitrogens is 4. The van der Waals surface area contributed by atoms with Crippen LogP contribution in [0.3, 0.4) is 0 Å². The SMILES string of the molecule is CCCCc1cccc(C)c1-c1cnn(-c2[c-]c(Oc3[c-]c4c(cc3)c3ccccc3n4-c3cc(C(C)C)ccn3)ccc2)c1.[Pt+2]. The van der Waals surface area contributed by atoms with E-state index in [1.165, 1.54) is 35.1 Å². The van der Waals surface area contributed by atoms with Gasteiger partial charge in [0.05, 0.1) is 6.20 Å². The predicted octanol–water partition coefficient (Wildman–Crippen LogP) is 10.2. The number of rotatable bonds is 9. The Bertz CT molecular complexity index is 2140. The van der Waals surface area contributed by atoms with E-state index in [2.05, 4.69) is 111 Å². The molecule has 3 aromatic heterocycles. The Kier molecular flexibility index (Phi) is 9.24. The van der Waals surface area contributed by atoms with Crippen LogP contribution in [0.5, 0.6) is 11.5 Å². The largest absolute Gasteiger partial charge is 2.00 e. The molecular weight excluding hydrogens is 748 g/mol. The molecule has 0 N–H and O–H groups in total. The summed E-state index contributed by atoms with van der Waals surface area (Å²) in [4.78, 5) is 4.76. The number of benzene rings is 4. The molecule has 6 heteroatoms. The van der Waals surface area contributed by atoms with Gasteiger partial charge in [-0.25, -0.2) is 4.98 Å². The van der Waals surface area contributed by atoms with Gasteiger partial charge in [-0.1, -0.05) is 69.1 Å². The van der Waals surface area contributed by atoms with Crippen molar-refractivity contribution in [3.8, 4) is 34.1 Å². The van der Waals surface area contributed by atoms with Crippen LogP contribution in [-0.2, 0) is 27.5 Å². The first-order chi connectivity index (χ1) is 22.0. The van der Waals surface area contributed by atoms with Crippen molar-refractivity contribution in [2.75, 3.05) is 0 Å². The smallest absolute Gasteiger partial charge is 0.509 e. The summed E-state index contributed by atoms with van der Waals surface area (Å²) in [7, 11) is 0. The van der Waals surface area contributed by atoms with Gasteiger partial charge in [0.25, 0.3) is 0 Å². The minimum absolute atomic E-state index is 0. The summed E-state index contributed by atoms with van der Waals surface area (Å²) in [6, 6.07) is 36.1. The molecule has 0 spiro atoms. The van der Waals surface area contributed by atoms with E-state index in [0.717, 1.165) is 45.3 Å². The van der Waals surface area contributed by atoms with Gasteiger partial charge in [-0.15, -0.1) is 35.7 Å². The molecule has 0 amide bonds. The maximum absolute atomic E-state index is 6.39. The minimum atomic E-state index is 0. The van der Waals surface area contributed by atoms with Crippen LogP contribution in [0.1, 0.15) is 56.2 Å². The second-order valence-corrected chi connectivity index (χ2v) is 11.9. The van der Waals surface area contributed by atoms with Crippen LogP contribution in [0.25, 0.3) is 44.4 Å². The van der Waals surface area contributed by atoms with Gasteiger partial charge in [0.1, 0.15) is 5.82 Å². The fourth-order valence-corrected chi connectivity index (χ4v) is 6.14. The number of pyridine rings is 1. The molecule has 0 saturated heterocycles. The normalized spacial score (nSPS) is 11.3. The minimum Gasteiger partial charge on any atom is -0.509 e. The molecular formula is C40H36N4OPt. The van der Waals surface area contributed by atoms with Crippen LogP contribution in [0.4, 0.5) is 0 Å². The molecule has 7 aromatic rings. The van der Waals surface area contributed by atoms with Gasteiger partial charge in [0.2, 0.25) is 0 Å². The van der Waals surface area contributed by atoms with Gasteiger partial charge in [0, 0.05) is 35.0 Å². The number of ether oxygens (including phenoxy) is 1. The van der Waals surface area contributed by atoms with Crippen molar-refractivity contribution >= 4 is 21.8 Å². The quantitative estimate of drug-likeness (QED) is 0.137. The molecule has 0 atom stereocenters. The van der Waals surface area contributed by atoms with Crippen LogP contribution in [0, 0.1) is 19.1 Å². The molecule has 0 aliphatic carbocycles. The molecule has 46 heavy (non-hydrogen) atoms. The van der Waals surface area contributed by atoms with Crippen LogP contribution in [-0.4, -0.2) is 19.3 Å². The molecule has 4 aromatic carbocycles. The Morgan fingerprint density at radius 1 is 0.870 bits per heavy atom. The van der Waals surface area contributed by atoms with Crippen molar-refractivity contribution in [2.24, 2.45) is 0 Å². The molecule has 232 valence electrons. The summed E-state index contributed by atoms with van der Waals surface area (Å²) >= 11 is 0. The summed E-state index contributed by atoms with van der Waals surface area (Å²) in [5.41, 5.74) is 9.08. The Balaban J connectivity index is 0.00000372. The number of fused-ring (bicyclic) bond motifs is 3. The molecule has 0 radical (unpaired) electrons. The summed E-state index contributed by atoms with van der Waals surface area (Å²) in [5.74, 6) is 2.48. The average Bonchev–Trinajstić information content (AvgIpc) is 3.67. The van der Waals surface area contributed by atoms with E-state index in [4.69, 9.17) is 14.8 Å². The van der Waals surface area contributed by atoms with E-state index < -0.39 is 0 Å². The summed E-state index contributed by atoms with van der Waals surface area (Å²) < 4.78 is 10.4. The van der Waals surface area contributed by atoms with Gasteiger partial charge in [-0.2, -0.15) is 17.2 Å². The van der Waals surface area contributed by atoms with Gasteiger partial charge >= 0.3 is 21.1 Å². The van der Waals surface area contributed by atoms with Crippen molar-refractivity contribution < 1.29 is 25.8 Å². The van der Waals surface area contributed by atoms with Crippen LogP contribution >= 0.6 is 0 Å². The van der Waals surface area contributed by atoms with Crippen LogP contribution in [0.15, 0.2) is 104 Å². The maximum atomic E-state index is 6.39. The third-order valence-electron chi connectivity index (χ3n) is 8.47. The molecule has 5 nitrogen and oxygen atoms in total. The van der Waals surface area contributed by atoms with E-state index in [0.29, 0.717) is 17.4 Å². The van der Waals surface area contributed by atoms with E-state index >= 15 is 0 Å². The Morgan fingerprint density at radius 2 is 1.70 bits per heavy atom. The Hall–Kier alpha value is -4.47. The number of unbranched alkanes of at least 4 members (excludes halogenated alkanes) is 1. The first-order valence-corrected chi connectivity index (χ1v) is 15.8.